The summed E-state index contributed by atoms with van der Waals surface area (Å²) >= 11 is 0. The van der Waals surface area contributed by atoms with Gasteiger partial charge in [0.2, 0.25) is 5.91 Å². The second-order valence-electron chi connectivity index (χ2n) is 7.99. The van der Waals surface area contributed by atoms with Crippen LogP contribution in [0.15, 0.2) is 29.3 Å². The number of guanidine groups is 1. The van der Waals surface area contributed by atoms with Gasteiger partial charge in [0.05, 0.1) is 26.9 Å². The Kier molecular flexibility index (Phi) is 13.6. The van der Waals surface area contributed by atoms with Gasteiger partial charge in [-0.15, -0.1) is 24.0 Å². The lowest BCUT2D eigenvalue weighted by Crippen LogP contribution is -2.47. The Balaban J connectivity index is 0.00000480. The van der Waals surface area contributed by atoms with Crippen molar-refractivity contribution in [2.45, 2.75) is 65.1 Å². The molecule has 0 spiro atoms. The maximum absolute atomic E-state index is 12.4. The molecule has 2 rings (SSSR count). The fraction of sp³-hybridized carbons (Fsp3) is 0.652. The van der Waals surface area contributed by atoms with Crippen molar-refractivity contribution in [1.29, 1.82) is 0 Å². The SMILES string of the molecule is CCNC(=NCCOCc1ccccc1OC)NC1CCCC(C(=O)NC(C)C)C1.I. The highest BCUT2D eigenvalue weighted by molar-refractivity contribution is 14.0. The molecule has 1 aliphatic carbocycles. The third kappa shape index (κ3) is 10.1. The van der Waals surface area contributed by atoms with Crippen LogP contribution in [0.5, 0.6) is 5.75 Å². The van der Waals surface area contributed by atoms with Crippen LogP contribution in [0.3, 0.4) is 0 Å². The zero-order valence-electron chi connectivity index (χ0n) is 19.3. The molecule has 0 aliphatic heterocycles. The van der Waals surface area contributed by atoms with Crippen molar-refractivity contribution in [2.24, 2.45) is 10.9 Å². The van der Waals surface area contributed by atoms with Crippen LogP contribution in [0.1, 0.15) is 52.0 Å². The molecule has 2 atom stereocenters. The molecule has 7 nitrogen and oxygen atoms in total. The molecule has 2 unspecified atom stereocenters. The minimum absolute atomic E-state index is 0. The molecule has 0 aromatic heterocycles. The van der Waals surface area contributed by atoms with Gasteiger partial charge in [-0.05, 0) is 46.1 Å². The smallest absolute Gasteiger partial charge is 0.223 e. The van der Waals surface area contributed by atoms with E-state index in [4.69, 9.17) is 9.47 Å². The summed E-state index contributed by atoms with van der Waals surface area (Å²) in [6, 6.07) is 8.30. The number of carbonyl (C=O) groups is 1. The number of carbonyl (C=O) groups excluding carboxylic acids is 1. The van der Waals surface area contributed by atoms with Crippen LogP contribution in [0.4, 0.5) is 0 Å². The molecule has 8 heteroatoms. The molecule has 1 saturated carbocycles. The standard InChI is InChI=1S/C23H38N4O3.HI/c1-5-24-23(25-13-14-30-16-19-9-6-7-12-21(19)29-4)27-20-11-8-10-18(15-20)22(28)26-17(2)3;/h6-7,9,12,17-18,20H,5,8,10-11,13-16H2,1-4H3,(H,26,28)(H2,24,25,27);1H. The first-order valence-electron chi connectivity index (χ1n) is 11.1. The van der Waals surface area contributed by atoms with E-state index in [2.05, 4.69) is 27.9 Å². The van der Waals surface area contributed by atoms with E-state index in [1.54, 1.807) is 7.11 Å². The normalized spacial score (nSPS) is 18.8. The molecule has 1 fully saturated rings. The number of halogens is 1. The number of amides is 1. The van der Waals surface area contributed by atoms with E-state index in [0.717, 1.165) is 49.5 Å². The third-order valence-electron chi connectivity index (χ3n) is 5.12. The lowest BCUT2D eigenvalue weighted by atomic mass is 9.85. The van der Waals surface area contributed by atoms with Crippen LogP contribution < -0.4 is 20.7 Å². The lowest BCUT2D eigenvalue weighted by molar-refractivity contribution is -0.126. The fourth-order valence-corrected chi connectivity index (χ4v) is 3.70. The number of para-hydroxylation sites is 1. The van der Waals surface area contributed by atoms with Gasteiger partial charge < -0.3 is 25.4 Å². The highest BCUT2D eigenvalue weighted by atomic mass is 127. The molecule has 1 aliphatic rings. The summed E-state index contributed by atoms with van der Waals surface area (Å²) in [4.78, 5) is 17.0. The Bertz CT molecular complexity index is 685. The van der Waals surface area contributed by atoms with Gasteiger partial charge in [0.25, 0.3) is 0 Å². The topological polar surface area (TPSA) is 84.0 Å². The molecule has 3 N–H and O–H groups in total. The van der Waals surface area contributed by atoms with E-state index < -0.39 is 0 Å². The van der Waals surface area contributed by atoms with E-state index in [0.29, 0.717) is 19.8 Å². The minimum atomic E-state index is 0. The number of hydrogen-bond donors (Lipinski definition) is 3. The van der Waals surface area contributed by atoms with Crippen LogP contribution in [-0.2, 0) is 16.1 Å². The summed E-state index contributed by atoms with van der Waals surface area (Å²) in [6.45, 7) is 8.43. The van der Waals surface area contributed by atoms with Crippen molar-refractivity contribution < 1.29 is 14.3 Å². The van der Waals surface area contributed by atoms with Crippen molar-refractivity contribution in [1.82, 2.24) is 16.0 Å². The second kappa shape index (κ2) is 15.3. The van der Waals surface area contributed by atoms with E-state index in [-0.39, 0.29) is 47.9 Å². The van der Waals surface area contributed by atoms with Crippen molar-refractivity contribution in [2.75, 3.05) is 26.8 Å². The number of ether oxygens (including phenoxy) is 2. The van der Waals surface area contributed by atoms with Gasteiger partial charge in [-0.25, -0.2) is 0 Å². The number of rotatable bonds is 10. The van der Waals surface area contributed by atoms with Crippen molar-refractivity contribution in [3.63, 3.8) is 0 Å². The predicted molar refractivity (Wildman–Crippen MR) is 136 cm³/mol. The van der Waals surface area contributed by atoms with Gasteiger partial charge >= 0.3 is 0 Å². The zero-order chi connectivity index (χ0) is 21.8. The maximum Gasteiger partial charge on any atom is 0.223 e. The molecule has 0 heterocycles. The first kappa shape index (κ1) is 27.5. The predicted octanol–water partition coefficient (Wildman–Crippen LogP) is 3.47. The molecule has 0 saturated heterocycles. The van der Waals surface area contributed by atoms with Gasteiger partial charge in [0.1, 0.15) is 5.75 Å². The van der Waals surface area contributed by atoms with Gasteiger partial charge in [-0.3, -0.25) is 9.79 Å². The van der Waals surface area contributed by atoms with Crippen molar-refractivity contribution >= 4 is 35.8 Å². The summed E-state index contributed by atoms with van der Waals surface area (Å²) in [7, 11) is 1.67. The molecular formula is C23H39IN4O3. The Morgan fingerprint density at radius 2 is 2.03 bits per heavy atom. The van der Waals surface area contributed by atoms with Gasteiger partial charge in [0, 0.05) is 30.1 Å². The van der Waals surface area contributed by atoms with E-state index in [9.17, 15) is 4.79 Å². The number of benzene rings is 1. The summed E-state index contributed by atoms with van der Waals surface area (Å²) < 4.78 is 11.1. The van der Waals surface area contributed by atoms with Crippen LogP contribution >= 0.6 is 24.0 Å². The van der Waals surface area contributed by atoms with Crippen LogP contribution in [-0.4, -0.2) is 50.8 Å². The van der Waals surface area contributed by atoms with Gasteiger partial charge in [-0.2, -0.15) is 0 Å². The second-order valence-corrected chi connectivity index (χ2v) is 7.99. The van der Waals surface area contributed by atoms with E-state index in [1.807, 2.05) is 38.1 Å². The zero-order valence-corrected chi connectivity index (χ0v) is 21.6. The highest BCUT2D eigenvalue weighted by Gasteiger charge is 2.27. The Morgan fingerprint density at radius 1 is 1.26 bits per heavy atom. The summed E-state index contributed by atoms with van der Waals surface area (Å²) in [5.41, 5.74) is 1.03. The Labute approximate surface area is 204 Å². The lowest BCUT2D eigenvalue weighted by Gasteiger charge is -2.30. The highest BCUT2D eigenvalue weighted by Crippen LogP contribution is 2.24. The van der Waals surface area contributed by atoms with Gasteiger partial charge in [-0.1, -0.05) is 24.6 Å². The summed E-state index contributed by atoms with van der Waals surface area (Å²) in [5.74, 6) is 1.87. The molecule has 176 valence electrons. The molecule has 31 heavy (non-hydrogen) atoms. The number of hydrogen-bond acceptors (Lipinski definition) is 4. The number of nitrogens with zero attached hydrogens (tertiary/aromatic N) is 1. The average Bonchev–Trinajstić information content (AvgIpc) is 2.73. The largest absolute Gasteiger partial charge is 0.496 e. The molecule has 0 radical (unpaired) electrons. The van der Waals surface area contributed by atoms with Crippen LogP contribution in [0.25, 0.3) is 0 Å². The molecule has 1 amide bonds. The van der Waals surface area contributed by atoms with Crippen molar-refractivity contribution in [3.05, 3.63) is 29.8 Å². The molecule has 1 aromatic carbocycles. The average molecular weight is 546 g/mol. The summed E-state index contributed by atoms with van der Waals surface area (Å²) in [5, 5.41) is 9.84. The first-order valence-corrected chi connectivity index (χ1v) is 11.1. The third-order valence-corrected chi connectivity index (χ3v) is 5.12. The van der Waals surface area contributed by atoms with Crippen LogP contribution in [0.2, 0.25) is 0 Å². The quantitative estimate of drug-likeness (QED) is 0.181. The Morgan fingerprint density at radius 3 is 2.74 bits per heavy atom. The number of methoxy groups -OCH3 is 1. The molecule has 0 bridgehead atoms. The monoisotopic (exact) mass is 546 g/mol. The minimum Gasteiger partial charge on any atom is -0.496 e. The summed E-state index contributed by atoms with van der Waals surface area (Å²) in [6.07, 6.45) is 3.91. The van der Waals surface area contributed by atoms with E-state index in [1.165, 1.54) is 0 Å². The van der Waals surface area contributed by atoms with E-state index >= 15 is 0 Å². The maximum atomic E-state index is 12.4. The molecular weight excluding hydrogens is 507 g/mol. The number of aliphatic imine (C=N–C) groups is 1. The Hall–Kier alpha value is -1.55. The van der Waals surface area contributed by atoms with Crippen LogP contribution in [0, 0.1) is 5.92 Å². The number of nitrogens with one attached hydrogen (secondary N) is 3. The van der Waals surface area contributed by atoms with Crippen molar-refractivity contribution in [3.8, 4) is 5.75 Å². The fourth-order valence-electron chi connectivity index (χ4n) is 3.70. The van der Waals surface area contributed by atoms with Gasteiger partial charge in [0.15, 0.2) is 5.96 Å². The molecule has 1 aromatic rings. The first-order chi connectivity index (χ1) is 14.5.